The van der Waals surface area contributed by atoms with Gasteiger partial charge in [0.05, 0.1) is 6.61 Å². The number of carbonyl (C=O) groups excluding carboxylic acids is 1. The Kier molecular flexibility index (Phi) is 4.44. The lowest BCUT2D eigenvalue weighted by Gasteiger charge is -2.09. The van der Waals surface area contributed by atoms with Crippen LogP contribution in [0.4, 0.5) is 0 Å². The number of methoxy groups -OCH3 is 1. The van der Waals surface area contributed by atoms with Gasteiger partial charge in [-0.15, -0.1) is 0 Å². The van der Waals surface area contributed by atoms with Crippen molar-refractivity contribution in [1.82, 2.24) is 10.3 Å². The minimum atomic E-state index is -0.105. The van der Waals surface area contributed by atoms with Crippen molar-refractivity contribution in [3.63, 3.8) is 0 Å². The van der Waals surface area contributed by atoms with Crippen LogP contribution in [0.15, 0.2) is 48.5 Å². The molecule has 1 aromatic heterocycles. The molecule has 0 saturated heterocycles. The van der Waals surface area contributed by atoms with E-state index in [1.165, 1.54) is 5.56 Å². The molecule has 0 aliphatic rings. The van der Waals surface area contributed by atoms with Crippen LogP contribution in [-0.4, -0.2) is 18.0 Å². The third kappa shape index (κ3) is 3.43. The number of benzene rings is 2. The maximum absolute atomic E-state index is 12.4. The van der Waals surface area contributed by atoms with Gasteiger partial charge in [0.1, 0.15) is 5.69 Å². The summed E-state index contributed by atoms with van der Waals surface area (Å²) in [6.07, 6.45) is 0. The Balaban J connectivity index is 1.73. The molecule has 23 heavy (non-hydrogen) atoms. The molecule has 3 rings (SSSR count). The summed E-state index contributed by atoms with van der Waals surface area (Å²) in [5.74, 6) is -0.105. The van der Waals surface area contributed by atoms with E-state index in [4.69, 9.17) is 4.74 Å². The molecule has 4 heteroatoms. The Morgan fingerprint density at radius 1 is 1.13 bits per heavy atom. The summed E-state index contributed by atoms with van der Waals surface area (Å²) in [7, 11) is 1.67. The molecule has 0 bridgehead atoms. The number of hydrogen-bond acceptors (Lipinski definition) is 2. The predicted molar refractivity (Wildman–Crippen MR) is 91.4 cm³/mol. The first kappa shape index (κ1) is 15.3. The van der Waals surface area contributed by atoms with Gasteiger partial charge in [-0.05, 0) is 35.7 Å². The summed E-state index contributed by atoms with van der Waals surface area (Å²) in [4.78, 5) is 15.5. The molecular weight excluding hydrogens is 288 g/mol. The summed E-state index contributed by atoms with van der Waals surface area (Å²) in [6.45, 7) is 3.05. The van der Waals surface area contributed by atoms with E-state index in [1.807, 2.05) is 55.5 Å². The Hall–Kier alpha value is -2.59. The molecule has 1 heterocycles. The number of aryl methyl sites for hydroxylation is 1. The fraction of sp³-hybridized carbons (Fsp3) is 0.211. The maximum atomic E-state index is 12.4. The molecule has 118 valence electrons. The molecule has 0 spiro atoms. The molecule has 0 saturated carbocycles. The Morgan fingerprint density at radius 2 is 1.91 bits per heavy atom. The van der Waals surface area contributed by atoms with Gasteiger partial charge >= 0.3 is 0 Å². The fourth-order valence-corrected chi connectivity index (χ4v) is 2.66. The van der Waals surface area contributed by atoms with E-state index >= 15 is 0 Å². The first-order valence-electron chi connectivity index (χ1n) is 7.60. The normalized spacial score (nSPS) is 10.9. The lowest BCUT2D eigenvalue weighted by atomic mass is 10.1. The van der Waals surface area contributed by atoms with Crippen molar-refractivity contribution in [2.75, 3.05) is 7.11 Å². The van der Waals surface area contributed by atoms with E-state index in [9.17, 15) is 4.79 Å². The number of hydrogen-bond donors (Lipinski definition) is 2. The van der Waals surface area contributed by atoms with E-state index < -0.39 is 0 Å². The van der Waals surface area contributed by atoms with Crippen LogP contribution in [0.25, 0.3) is 10.9 Å². The predicted octanol–water partition coefficient (Wildman–Crippen LogP) is 3.55. The number of rotatable bonds is 5. The molecule has 3 aromatic rings. The first-order chi connectivity index (χ1) is 11.2. The number of amides is 1. The fourth-order valence-electron chi connectivity index (χ4n) is 2.66. The highest BCUT2D eigenvalue weighted by Crippen LogP contribution is 2.17. The van der Waals surface area contributed by atoms with Gasteiger partial charge in [-0.1, -0.05) is 36.4 Å². The van der Waals surface area contributed by atoms with Crippen molar-refractivity contribution in [2.45, 2.75) is 20.1 Å². The second kappa shape index (κ2) is 6.67. The molecule has 4 nitrogen and oxygen atoms in total. The maximum Gasteiger partial charge on any atom is 0.267 e. The van der Waals surface area contributed by atoms with Crippen molar-refractivity contribution in [2.24, 2.45) is 0 Å². The van der Waals surface area contributed by atoms with Gasteiger partial charge in [0.25, 0.3) is 5.91 Å². The molecule has 0 unspecified atom stereocenters. The largest absolute Gasteiger partial charge is 0.380 e. The van der Waals surface area contributed by atoms with E-state index in [2.05, 4.69) is 10.3 Å². The van der Waals surface area contributed by atoms with Crippen molar-refractivity contribution < 1.29 is 9.53 Å². The van der Waals surface area contributed by atoms with Crippen LogP contribution < -0.4 is 5.32 Å². The minimum Gasteiger partial charge on any atom is -0.380 e. The highest BCUT2D eigenvalue weighted by atomic mass is 16.5. The van der Waals surface area contributed by atoms with Crippen molar-refractivity contribution in [3.8, 4) is 0 Å². The first-order valence-corrected chi connectivity index (χ1v) is 7.60. The topological polar surface area (TPSA) is 54.1 Å². The number of nitrogens with one attached hydrogen (secondary N) is 2. The molecular formula is C19H20N2O2. The van der Waals surface area contributed by atoms with Crippen LogP contribution >= 0.6 is 0 Å². The molecule has 0 aliphatic carbocycles. The second-order valence-electron chi connectivity index (χ2n) is 5.66. The highest BCUT2D eigenvalue weighted by Gasteiger charge is 2.10. The zero-order chi connectivity index (χ0) is 16.2. The van der Waals surface area contributed by atoms with Gasteiger partial charge in [-0.25, -0.2) is 0 Å². The van der Waals surface area contributed by atoms with Gasteiger partial charge in [0.15, 0.2) is 0 Å². The van der Waals surface area contributed by atoms with Crippen molar-refractivity contribution in [1.29, 1.82) is 0 Å². The number of aromatic amines is 1. The zero-order valence-corrected chi connectivity index (χ0v) is 13.3. The summed E-state index contributed by atoms with van der Waals surface area (Å²) < 4.78 is 5.19. The zero-order valence-electron chi connectivity index (χ0n) is 13.3. The van der Waals surface area contributed by atoms with E-state index in [0.29, 0.717) is 18.8 Å². The van der Waals surface area contributed by atoms with Crippen LogP contribution in [-0.2, 0) is 17.9 Å². The number of ether oxygens (including phenoxy) is 1. The van der Waals surface area contributed by atoms with Crippen LogP contribution in [0.2, 0.25) is 0 Å². The van der Waals surface area contributed by atoms with Gasteiger partial charge in [-0.3, -0.25) is 4.79 Å². The summed E-state index contributed by atoms with van der Waals surface area (Å²) in [6, 6.07) is 15.9. The lowest BCUT2D eigenvalue weighted by Crippen LogP contribution is -2.23. The Labute approximate surface area is 135 Å². The summed E-state index contributed by atoms with van der Waals surface area (Å²) in [5.41, 5.74) is 4.88. The monoisotopic (exact) mass is 308 g/mol. The number of fused-ring (bicyclic) bond motifs is 1. The third-order valence-corrected chi connectivity index (χ3v) is 3.88. The van der Waals surface area contributed by atoms with Gasteiger partial charge in [0, 0.05) is 24.6 Å². The average molecular weight is 308 g/mol. The highest BCUT2D eigenvalue weighted by molar-refractivity contribution is 5.98. The minimum absolute atomic E-state index is 0.105. The van der Waals surface area contributed by atoms with Crippen molar-refractivity contribution in [3.05, 3.63) is 70.9 Å². The van der Waals surface area contributed by atoms with Gasteiger partial charge in [-0.2, -0.15) is 0 Å². The standard InChI is InChI=1S/C19H20N2O2/c1-13-7-8-14-10-18(21-17(14)9-13)19(22)20-11-15-5-3-4-6-16(15)12-23-2/h3-10,21H,11-12H2,1-2H3,(H,20,22). The molecule has 0 fully saturated rings. The average Bonchev–Trinajstić information content (AvgIpc) is 2.97. The van der Waals surface area contributed by atoms with Crippen LogP contribution in [0, 0.1) is 6.92 Å². The Morgan fingerprint density at radius 3 is 2.70 bits per heavy atom. The molecule has 2 aromatic carbocycles. The van der Waals surface area contributed by atoms with Gasteiger partial charge < -0.3 is 15.0 Å². The second-order valence-corrected chi connectivity index (χ2v) is 5.66. The van der Waals surface area contributed by atoms with Gasteiger partial charge in [0.2, 0.25) is 0 Å². The summed E-state index contributed by atoms with van der Waals surface area (Å²) in [5, 5.41) is 4.01. The number of aromatic nitrogens is 1. The van der Waals surface area contributed by atoms with E-state index in [-0.39, 0.29) is 5.91 Å². The number of carbonyl (C=O) groups is 1. The van der Waals surface area contributed by atoms with E-state index in [1.54, 1.807) is 7.11 Å². The summed E-state index contributed by atoms with van der Waals surface area (Å²) >= 11 is 0. The Bertz CT molecular complexity index is 836. The molecule has 0 atom stereocenters. The van der Waals surface area contributed by atoms with Crippen molar-refractivity contribution >= 4 is 16.8 Å². The lowest BCUT2D eigenvalue weighted by molar-refractivity contribution is 0.0946. The van der Waals surface area contributed by atoms with Crippen LogP contribution in [0.3, 0.4) is 0 Å². The van der Waals surface area contributed by atoms with Crippen LogP contribution in [0.5, 0.6) is 0 Å². The van der Waals surface area contributed by atoms with Crippen LogP contribution in [0.1, 0.15) is 27.2 Å². The quantitative estimate of drug-likeness (QED) is 0.757. The SMILES string of the molecule is COCc1ccccc1CNC(=O)c1cc2ccc(C)cc2[nH]1. The number of H-pyrrole nitrogens is 1. The molecule has 0 radical (unpaired) electrons. The van der Waals surface area contributed by atoms with E-state index in [0.717, 1.165) is 22.0 Å². The molecule has 1 amide bonds. The third-order valence-electron chi connectivity index (χ3n) is 3.88. The molecule has 2 N–H and O–H groups in total. The smallest absolute Gasteiger partial charge is 0.267 e. The molecule has 0 aliphatic heterocycles.